The van der Waals surface area contributed by atoms with Crippen LogP contribution in [0, 0.1) is 5.82 Å². The SMILES string of the molecule is Nc1nc(-c2nn(Cc3ccccc3F)c3ncccc23)ncc1OC(=O)N1CCCC1. The van der Waals surface area contributed by atoms with Crippen LogP contribution in [0.25, 0.3) is 22.6 Å². The molecule has 0 saturated carbocycles. The molecule has 3 aromatic heterocycles. The minimum absolute atomic E-state index is 0.0308. The molecule has 10 heteroatoms. The van der Waals surface area contributed by atoms with Gasteiger partial charge in [-0.25, -0.2) is 28.8 Å². The Morgan fingerprint density at radius 3 is 2.72 bits per heavy atom. The van der Waals surface area contributed by atoms with Crippen LogP contribution in [0.1, 0.15) is 18.4 Å². The zero-order valence-corrected chi connectivity index (χ0v) is 17.1. The van der Waals surface area contributed by atoms with Crippen molar-refractivity contribution in [3.63, 3.8) is 0 Å². The molecule has 1 aliphatic heterocycles. The predicted molar refractivity (Wildman–Crippen MR) is 115 cm³/mol. The minimum Gasteiger partial charge on any atom is -0.405 e. The van der Waals surface area contributed by atoms with Gasteiger partial charge in [0.25, 0.3) is 0 Å². The summed E-state index contributed by atoms with van der Waals surface area (Å²) in [5, 5.41) is 5.28. The molecule has 1 aromatic carbocycles. The number of benzene rings is 1. The number of nitrogen functional groups attached to an aromatic ring is 1. The van der Waals surface area contributed by atoms with Gasteiger partial charge in [-0.2, -0.15) is 5.10 Å². The smallest absolute Gasteiger partial charge is 0.405 e. The number of carbonyl (C=O) groups excluding carboxylic acids is 1. The lowest BCUT2D eigenvalue weighted by Gasteiger charge is -2.15. The van der Waals surface area contributed by atoms with Crippen LogP contribution < -0.4 is 10.5 Å². The van der Waals surface area contributed by atoms with E-state index in [4.69, 9.17) is 10.5 Å². The first-order valence-electron chi connectivity index (χ1n) is 10.2. The lowest BCUT2D eigenvalue weighted by molar-refractivity contribution is 0.162. The van der Waals surface area contributed by atoms with Gasteiger partial charge in [-0.15, -0.1) is 0 Å². The lowest BCUT2D eigenvalue weighted by Crippen LogP contribution is -2.30. The van der Waals surface area contributed by atoms with Crippen LogP contribution in [0.3, 0.4) is 0 Å². The Bertz CT molecular complexity index is 1300. The average molecular weight is 433 g/mol. The monoisotopic (exact) mass is 433 g/mol. The van der Waals surface area contributed by atoms with Crippen molar-refractivity contribution in [3.8, 4) is 17.3 Å². The van der Waals surface area contributed by atoms with Crippen molar-refractivity contribution in [1.82, 2.24) is 29.6 Å². The number of nitrogens with zero attached hydrogens (tertiary/aromatic N) is 6. The van der Waals surface area contributed by atoms with Gasteiger partial charge in [0.15, 0.2) is 23.0 Å². The van der Waals surface area contributed by atoms with Crippen LogP contribution >= 0.6 is 0 Å². The maximum absolute atomic E-state index is 14.2. The first-order chi connectivity index (χ1) is 15.6. The molecule has 4 aromatic rings. The fraction of sp³-hybridized carbons (Fsp3) is 0.227. The maximum atomic E-state index is 14.2. The summed E-state index contributed by atoms with van der Waals surface area (Å²) in [4.78, 5) is 26.9. The number of aromatic nitrogens is 5. The largest absolute Gasteiger partial charge is 0.415 e. The van der Waals surface area contributed by atoms with E-state index in [1.54, 1.807) is 40.0 Å². The van der Waals surface area contributed by atoms with Crippen LogP contribution in [0.2, 0.25) is 0 Å². The summed E-state index contributed by atoms with van der Waals surface area (Å²) in [6.45, 7) is 1.52. The van der Waals surface area contributed by atoms with Gasteiger partial charge < -0.3 is 15.4 Å². The highest BCUT2D eigenvalue weighted by molar-refractivity contribution is 5.89. The van der Waals surface area contributed by atoms with E-state index in [-0.39, 0.29) is 29.8 Å². The number of fused-ring (bicyclic) bond motifs is 1. The molecular formula is C22H20FN7O2. The van der Waals surface area contributed by atoms with E-state index in [0.29, 0.717) is 35.4 Å². The Morgan fingerprint density at radius 1 is 1.12 bits per heavy atom. The number of amides is 1. The number of halogens is 1. The molecule has 32 heavy (non-hydrogen) atoms. The quantitative estimate of drug-likeness (QED) is 0.526. The van der Waals surface area contributed by atoms with Crippen molar-refractivity contribution in [2.45, 2.75) is 19.4 Å². The van der Waals surface area contributed by atoms with E-state index in [0.717, 1.165) is 12.8 Å². The van der Waals surface area contributed by atoms with E-state index >= 15 is 0 Å². The van der Waals surface area contributed by atoms with Crippen molar-refractivity contribution < 1.29 is 13.9 Å². The molecule has 4 heterocycles. The molecule has 1 saturated heterocycles. The minimum atomic E-state index is -0.464. The van der Waals surface area contributed by atoms with E-state index in [9.17, 15) is 9.18 Å². The van der Waals surface area contributed by atoms with E-state index in [1.165, 1.54) is 12.3 Å². The predicted octanol–water partition coefficient (Wildman–Crippen LogP) is 3.25. The summed E-state index contributed by atoms with van der Waals surface area (Å²) in [5.41, 5.74) is 7.56. The number of hydrogen-bond donors (Lipinski definition) is 1. The molecule has 0 atom stereocenters. The van der Waals surface area contributed by atoms with E-state index < -0.39 is 6.09 Å². The van der Waals surface area contributed by atoms with Crippen molar-refractivity contribution in [3.05, 3.63) is 60.2 Å². The standard InChI is InChI=1S/C22H20FN7O2/c23-16-8-2-1-6-14(16)13-30-21-15(7-5-9-25-21)18(28-30)20-26-12-17(19(24)27-20)32-22(31)29-10-3-4-11-29/h1-2,5-9,12H,3-4,10-11,13H2,(H2,24,26,27). The summed E-state index contributed by atoms with van der Waals surface area (Å²) in [6, 6.07) is 10.1. The molecule has 5 rings (SSSR count). The summed E-state index contributed by atoms with van der Waals surface area (Å²) in [6.07, 6.45) is 4.45. The van der Waals surface area contributed by atoms with Gasteiger partial charge in [0.05, 0.1) is 18.1 Å². The van der Waals surface area contributed by atoms with Crippen LogP contribution in [-0.4, -0.2) is 48.8 Å². The molecule has 1 amide bonds. The van der Waals surface area contributed by atoms with Crippen molar-refractivity contribution in [2.75, 3.05) is 18.8 Å². The molecule has 9 nitrogen and oxygen atoms in total. The van der Waals surface area contributed by atoms with Crippen molar-refractivity contribution in [1.29, 1.82) is 0 Å². The van der Waals surface area contributed by atoms with Gasteiger partial charge in [-0.3, -0.25) is 0 Å². The normalized spacial score (nSPS) is 13.6. The molecule has 0 unspecified atom stereocenters. The Balaban J connectivity index is 1.47. The Labute approximate surface area is 182 Å². The number of pyridine rings is 1. The second-order valence-electron chi connectivity index (χ2n) is 7.48. The molecule has 1 fully saturated rings. The van der Waals surface area contributed by atoms with E-state index in [1.807, 2.05) is 6.07 Å². The van der Waals surface area contributed by atoms with Crippen LogP contribution in [0.5, 0.6) is 5.75 Å². The lowest BCUT2D eigenvalue weighted by atomic mass is 10.2. The number of nitrogens with two attached hydrogens (primary N) is 1. The number of likely N-dealkylation sites (tertiary alicyclic amines) is 1. The van der Waals surface area contributed by atoms with Gasteiger partial charge in [0, 0.05) is 24.8 Å². The third kappa shape index (κ3) is 3.70. The zero-order valence-electron chi connectivity index (χ0n) is 17.1. The zero-order chi connectivity index (χ0) is 22.1. The maximum Gasteiger partial charge on any atom is 0.415 e. The summed E-state index contributed by atoms with van der Waals surface area (Å²) < 4.78 is 21.1. The average Bonchev–Trinajstić information content (AvgIpc) is 3.46. The summed E-state index contributed by atoms with van der Waals surface area (Å²) in [7, 11) is 0. The van der Waals surface area contributed by atoms with Crippen molar-refractivity contribution >= 4 is 22.9 Å². The topological polar surface area (TPSA) is 112 Å². The molecule has 0 bridgehead atoms. The third-order valence-electron chi connectivity index (χ3n) is 5.34. The summed E-state index contributed by atoms with van der Waals surface area (Å²) >= 11 is 0. The first-order valence-corrected chi connectivity index (χ1v) is 10.2. The number of ether oxygens (including phenoxy) is 1. The van der Waals surface area contributed by atoms with Crippen LogP contribution in [0.15, 0.2) is 48.8 Å². The molecular weight excluding hydrogens is 413 g/mol. The highest BCUT2D eigenvalue weighted by Crippen LogP contribution is 2.28. The highest BCUT2D eigenvalue weighted by atomic mass is 19.1. The first kappa shape index (κ1) is 19.9. The molecule has 1 aliphatic rings. The molecule has 162 valence electrons. The third-order valence-corrected chi connectivity index (χ3v) is 5.34. The van der Waals surface area contributed by atoms with Gasteiger partial charge in [-0.1, -0.05) is 18.2 Å². The van der Waals surface area contributed by atoms with Gasteiger partial charge in [0.2, 0.25) is 0 Å². The number of rotatable bonds is 4. The van der Waals surface area contributed by atoms with Crippen LogP contribution in [0.4, 0.5) is 15.0 Å². The Morgan fingerprint density at radius 2 is 1.94 bits per heavy atom. The second-order valence-corrected chi connectivity index (χ2v) is 7.48. The fourth-order valence-corrected chi connectivity index (χ4v) is 3.71. The van der Waals surface area contributed by atoms with Crippen molar-refractivity contribution in [2.24, 2.45) is 0 Å². The summed E-state index contributed by atoms with van der Waals surface area (Å²) in [5.74, 6) is 0.0640. The van der Waals surface area contributed by atoms with Gasteiger partial charge in [-0.05, 0) is 31.0 Å². The molecule has 0 spiro atoms. The highest BCUT2D eigenvalue weighted by Gasteiger charge is 2.22. The molecule has 0 aliphatic carbocycles. The Hall–Kier alpha value is -4.08. The second kappa shape index (κ2) is 8.22. The van der Waals surface area contributed by atoms with Crippen LogP contribution in [-0.2, 0) is 6.54 Å². The van der Waals surface area contributed by atoms with Gasteiger partial charge >= 0.3 is 6.09 Å². The van der Waals surface area contributed by atoms with Gasteiger partial charge in [0.1, 0.15) is 11.5 Å². The molecule has 0 radical (unpaired) electrons. The number of hydrogen-bond acceptors (Lipinski definition) is 7. The fourth-order valence-electron chi connectivity index (χ4n) is 3.71. The number of carbonyl (C=O) groups is 1. The molecule has 2 N–H and O–H groups in total. The number of anilines is 1. The Kier molecular flexibility index (Phi) is 5.10. The van der Waals surface area contributed by atoms with E-state index in [2.05, 4.69) is 20.1 Å².